The number of rotatable bonds is 6. The van der Waals surface area contributed by atoms with E-state index >= 15 is 0 Å². The van der Waals surface area contributed by atoms with Crippen LogP contribution in [0.4, 0.5) is 0 Å². The van der Waals surface area contributed by atoms with Gasteiger partial charge in [-0.25, -0.2) is 0 Å². The van der Waals surface area contributed by atoms with E-state index in [0.29, 0.717) is 12.3 Å². The normalized spacial score (nSPS) is 11.9. The van der Waals surface area contributed by atoms with Gasteiger partial charge in [-0.05, 0) is 29.5 Å². The van der Waals surface area contributed by atoms with E-state index in [2.05, 4.69) is 55.6 Å². The summed E-state index contributed by atoms with van der Waals surface area (Å²) in [4.78, 5) is 0. The number of nitrogens with one attached hydrogen (secondary N) is 1. The molecule has 0 fully saturated rings. The van der Waals surface area contributed by atoms with Crippen LogP contribution in [0.1, 0.15) is 35.1 Å². The summed E-state index contributed by atoms with van der Waals surface area (Å²) in [5.74, 6) is 0.480. The highest BCUT2D eigenvalue weighted by molar-refractivity contribution is 5.29. The molecule has 0 heterocycles. The first-order valence-corrected chi connectivity index (χ1v) is 7.41. The predicted molar refractivity (Wildman–Crippen MR) is 87.1 cm³/mol. The van der Waals surface area contributed by atoms with Gasteiger partial charge < -0.3 is 5.32 Å². The number of hydrogen-bond acceptors (Lipinski definition) is 2. The summed E-state index contributed by atoms with van der Waals surface area (Å²) in [5, 5.41) is 12.4. The average Bonchev–Trinajstić information content (AvgIpc) is 2.49. The van der Waals surface area contributed by atoms with E-state index in [1.54, 1.807) is 0 Å². The zero-order valence-corrected chi connectivity index (χ0v) is 12.8. The van der Waals surface area contributed by atoms with Crippen LogP contribution in [0.15, 0.2) is 48.5 Å². The molecule has 2 nitrogen and oxygen atoms in total. The van der Waals surface area contributed by atoms with Crippen LogP contribution < -0.4 is 5.32 Å². The lowest BCUT2D eigenvalue weighted by Gasteiger charge is -2.15. The summed E-state index contributed by atoms with van der Waals surface area (Å²) in [6, 6.07) is 19.0. The molecule has 2 aromatic rings. The lowest BCUT2D eigenvalue weighted by atomic mass is 9.99. The maximum atomic E-state index is 8.86. The lowest BCUT2D eigenvalue weighted by molar-refractivity contribution is 0.613. The minimum atomic E-state index is 0.477. The standard InChI is InChI=1S/C19H22N2/c1-15-6-5-9-18(12-15)16(2)13-21-14-19-8-4-3-7-17(19)10-11-20/h3-9,12,16,21H,10,13-14H2,1-2H3. The van der Waals surface area contributed by atoms with Crippen LogP contribution in [-0.2, 0) is 13.0 Å². The molecular formula is C19H22N2. The first kappa shape index (κ1) is 15.3. The predicted octanol–water partition coefficient (Wildman–Crippen LogP) is 3.95. The van der Waals surface area contributed by atoms with Crippen LogP contribution >= 0.6 is 0 Å². The summed E-state index contributed by atoms with van der Waals surface area (Å²) < 4.78 is 0. The zero-order valence-electron chi connectivity index (χ0n) is 12.8. The smallest absolute Gasteiger partial charge is 0.0669 e. The Morgan fingerprint density at radius 1 is 1.10 bits per heavy atom. The van der Waals surface area contributed by atoms with Gasteiger partial charge in [0.1, 0.15) is 0 Å². The van der Waals surface area contributed by atoms with Crippen molar-refractivity contribution in [2.75, 3.05) is 6.54 Å². The van der Waals surface area contributed by atoms with Gasteiger partial charge in [0.2, 0.25) is 0 Å². The topological polar surface area (TPSA) is 35.8 Å². The molecule has 0 aliphatic heterocycles. The largest absolute Gasteiger partial charge is 0.312 e. The fourth-order valence-corrected chi connectivity index (χ4v) is 2.51. The number of nitrogens with zero attached hydrogens (tertiary/aromatic N) is 1. The molecule has 0 saturated heterocycles. The monoisotopic (exact) mass is 278 g/mol. The van der Waals surface area contributed by atoms with Gasteiger partial charge in [0, 0.05) is 13.1 Å². The molecule has 2 aromatic carbocycles. The molecule has 108 valence electrons. The summed E-state index contributed by atoms with van der Waals surface area (Å²) in [7, 11) is 0. The molecule has 0 amide bonds. The number of nitriles is 1. The Kier molecular flexibility index (Phi) is 5.54. The molecule has 2 heteroatoms. The van der Waals surface area contributed by atoms with E-state index < -0.39 is 0 Å². The van der Waals surface area contributed by atoms with Crippen LogP contribution in [-0.4, -0.2) is 6.54 Å². The van der Waals surface area contributed by atoms with Gasteiger partial charge in [-0.15, -0.1) is 0 Å². The van der Waals surface area contributed by atoms with Gasteiger partial charge in [0.15, 0.2) is 0 Å². The third kappa shape index (κ3) is 4.44. The maximum absolute atomic E-state index is 8.86. The summed E-state index contributed by atoms with van der Waals surface area (Å²) >= 11 is 0. The van der Waals surface area contributed by atoms with Crippen molar-refractivity contribution in [1.29, 1.82) is 5.26 Å². The Morgan fingerprint density at radius 3 is 2.57 bits per heavy atom. The van der Waals surface area contributed by atoms with Gasteiger partial charge in [0.05, 0.1) is 12.5 Å². The quantitative estimate of drug-likeness (QED) is 0.868. The molecule has 1 atom stereocenters. The highest BCUT2D eigenvalue weighted by Crippen LogP contribution is 2.16. The Balaban J connectivity index is 1.91. The van der Waals surface area contributed by atoms with Crippen molar-refractivity contribution in [2.24, 2.45) is 0 Å². The summed E-state index contributed by atoms with van der Waals surface area (Å²) in [6.07, 6.45) is 0.477. The van der Waals surface area contributed by atoms with Gasteiger partial charge in [-0.3, -0.25) is 0 Å². The SMILES string of the molecule is Cc1cccc(C(C)CNCc2ccccc2CC#N)c1. The van der Waals surface area contributed by atoms with Crippen LogP contribution in [0.2, 0.25) is 0 Å². The van der Waals surface area contributed by atoms with Crippen molar-refractivity contribution in [3.8, 4) is 6.07 Å². The highest BCUT2D eigenvalue weighted by Gasteiger charge is 2.06. The van der Waals surface area contributed by atoms with Crippen molar-refractivity contribution in [3.05, 3.63) is 70.8 Å². The van der Waals surface area contributed by atoms with Crippen molar-refractivity contribution in [1.82, 2.24) is 5.32 Å². The van der Waals surface area contributed by atoms with Gasteiger partial charge >= 0.3 is 0 Å². The minimum Gasteiger partial charge on any atom is -0.312 e. The van der Waals surface area contributed by atoms with E-state index in [9.17, 15) is 0 Å². The Bertz CT molecular complexity index is 625. The second-order valence-corrected chi connectivity index (χ2v) is 5.55. The van der Waals surface area contributed by atoms with E-state index in [1.807, 2.05) is 18.2 Å². The molecule has 0 radical (unpaired) electrons. The van der Waals surface area contributed by atoms with Gasteiger partial charge in [-0.2, -0.15) is 5.26 Å². The second-order valence-electron chi connectivity index (χ2n) is 5.55. The summed E-state index contributed by atoms with van der Waals surface area (Å²) in [5.41, 5.74) is 5.01. The zero-order chi connectivity index (χ0) is 15.1. The van der Waals surface area contributed by atoms with E-state index in [-0.39, 0.29) is 0 Å². The van der Waals surface area contributed by atoms with Crippen LogP contribution in [0, 0.1) is 18.3 Å². The van der Waals surface area contributed by atoms with Crippen molar-refractivity contribution in [2.45, 2.75) is 32.7 Å². The van der Waals surface area contributed by atoms with Crippen LogP contribution in [0.3, 0.4) is 0 Å². The number of benzene rings is 2. The Hall–Kier alpha value is -2.11. The molecule has 1 unspecified atom stereocenters. The van der Waals surface area contributed by atoms with Crippen LogP contribution in [0.5, 0.6) is 0 Å². The molecule has 0 bridgehead atoms. The first-order chi connectivity index (χ1) is 10.2. The minimum absolute atomic E-state index is 0.477. The van der Waals surface area contributed by atoms with E-state index in [4.69, 9.17) is 5.26 Å². The maximum Gasteiger partial charge on any atom is 0.0669 e. The fraction of sp³-hybridized carbons (Fsp3) is 0.316. The first-order valence-electron chi connectivity index (χ1n) is 7.41. The van der Waals surface area contributed by atoms with Crippen molar-refractivity contribution < 1.29 is 0 Å². The average molecular weight is 278 g/mol. The molecular weight excluding hydrogens is 256 g/mol. The van der Waals surface area contributed by atoms with Crippen LogP contribution in [0.25, 0.3) is 0 Å². The van der Waals surface area contributed by atoms with Gasteiger partial charge in [0.25, 0.3) is 0 Å². The second kappa shape index (κ2) is 7.61. The third-order valence-electron chi connectivity index (χ3n) is 3.77. The molecule has 0 spiro atoms. The van der Waals surface area contributed by atoms with Crippen molar-refractivity contribution in [3.63, 3.8) is 0 Å². The molecule has 1 N–H and O–H groups in total. The number of hydrogen-bond donors (Lipinski definition) is 1. The molecule has 2 rings (SSSR count). The summed E-state index contributed by atoms with van der Waals surface area (Å²) in [6.45, 7) is 6.11. The third-order valence-corrected chi connectivity index (χ3v) is 3.77. The Morgan fingerprint density at radius 2 is 1.86 bits per heavy atom. The fourth-order valence-electron chi connectivity index (χ4n) is 2.51. The van der Waals surface area contributed by atoms with Crippen molar-refractivity contribution >= 4 is 0 Å². The highest BCUT2D eigenvalue weighted by atomic mass is 14.9. The van der Waals surface area contributed by atoms with E-state index in [0.717, 1.165) is 18.7 Å². The van der Waals surface area contributed by atoms with Gasteiger partial charge in [-0.1, -0.05) is 61.0 Å². The lowest BCUT2D eigenvalue weighted by Crippen LogP contribution is -2.20. The van der Waals surface area contributed by atoms with E-state index in [1.165, 1.54) is 16.7 Å². The Labute approximate surface area is 127 Å². The molecule has 0 saturated carbocycles. The molecule has 0 aromatic heterocycles. The number of aryl methyl sites for hydroxylation is 1. The molecule has 21 heavy (non-hydrogen) atoms. The molecule has 0 aliphatic rings. The molecule has 0 aliphatic carbocycles.